The van der Waals surface area contributed by atoms with Crippen LogP contribution in [-0.2, 0) is 10.0 Å². The van der Waals surface area contributed by atoms with Crippen molar-refractivity contribution in [3.63, 3.8) is 0 Å². The second-order valence-corrected chi connectivity index (χ2v) is 6.27. The minimum absolute atomic E-state index is 0.110. The number of nitrogens with one attached hydrogen (secondary N) is 1. The quantitative estimate of drug-likeness (QED) is 0.765. The van der Waals surface area contributed by atoms with Crippen LogP contribution in [0.25, 0.3) is 0 Å². The van der Waals surface area contributed by atoms with E-state index in [1.165, 1.54) is 32.1 Å². The van der Waals surface area contributed by atoms with Gasteiger partial charge >= 0.3 is 0 Å². The number of hydrogen-bond acceptors (Lipinski definition) is 4. The molecule has 6 heteroatoms. The second-order valence-electron chi connectivity index (χ2n) is 4.53. The molecule has 0 amide bonds. The maximum atomic E-state index is 12.0. The Balaban J connectivity index is 2.07. The first kappa shape index (κ1) is 13.2. The Morgan fingerprint density at radius 1 is 1.44 bits per heavy atom. The Labute approximate surface area is 107 Å². The van der Waals surface area contributed by atoms with E-state index in [1.807, 2.05) is 0 Å². The molecule has 0 radical (unpaired) electrons. The summed E-state index contributed by atoms with van der Waals surface area (Å²) in [5, 5.41) is 0. The maximum Gasteiger partial charge on any atom is 0.242 e. The lowest BCUT2D eigenvalue weighted by molar-refractivity contribution is 0.414. The summed E-state index contributed by atoms with van der Waals surface area (Å²) in [6.07, 6.45) is 3.33. The molecule has 0 unspecified atom stereocenters. The second kappa shape index (κ2) is 5.16. The summed E-state index contributed by atoms with van der Waals surface area (Å²) in [7, 11) is -2.00. The molecule has 5 nitrogen and oxygen atoms in total. The molecule has 1 aromatic carbocycles. The van der Waals surface area contributed by atoms with E-state index in [9.17, 15) is 8.42 Å². The van der Waals surface area contributed by atoms with Gasteiger partial charge in [0, 0.05) is 12.6 Å². The topological polar surface area (TPSA) is 81.4 Å². The zero-order chi connectivity index (χ0) is 13.2. The van der Waals surface area contributed by atoms with Gasteiger partial charge in [-0.3, -0.25) is 0 Å². The van der Waals surface area contributed by atoms with Gasteiger partial charge < -0.3 is 10.5 Å². The van der Waals surface area contributed by atoms with Gasteiger partial charge in [0.1, 0.15) is 10.6 Å². The van der Waals surface area contributed by atoms with Crippen LogP contribution in [0.2, 0.25) is 0 Å². The molecule has 3 N–H and O–H groups in total. The van der Waals surface area contributed by atoms with Crippen LogP contribution in [-0.4, -0.2) is 22.1 Å². The normalized spacial score (nSPS) is 15.6. The summed E-state index contributed by atoms with van der Waals surface area (Å²) in [5.41, 5.74) is 5.93. The highest BCUT2D eigenvalue weighted by Gasteiger charge is 2.23. The molecule has 1 aliphatic rings. The molecular formula is C12H18N2O3S. The van der Waals surface area contributed by atoms with Crippen LogP contribution in [0.1, 0.15) is 19.3 Å². The third-order valence-corrected chi connectivity index (χ3v) is 4.58. The number of sulfonamides is 1. The third kappa shape index (κ3) is 3.14. The molecule has 0 heterocycles. The molecule has 0 spiro atoms. The van der Waals surface area contributed by atoms with E-state index in [1.54, 1.807) is 6.07 Å². The average molecular weight is 270 g/mol. The van der Waals surface area contributed by atoms with Crippen molar-refractivity contribution in [3.8, 4) is 5.75 Å². The maximum absolute atomic E-state index is 12.0. The zero-order valence-electron chi connectivity index (χ0n) is 10.3. The minimum atomic E-state index is -3.51. The van der Waals surface area contributed by atoms with E-state index < -0.39 is 10.0 Å². The van der Waals surface area contributed by atoms with Gasteiger partial charge in [0.2, 0.25) is 10.0 Å². The Kier molecular flexibility index (Phi) is 3.77. The van der Waals surface area contributed by atoms with Gasteiger partial charge in [-0.05, 0) is 24.5 Å². The van der Waals surface area contributed by atoms with E-state index >= 15 is 0 Å². The number of benzene rings is 1. The van der Waals surface area contributed by atoms with Gasteiger partial charge in [-0.25, -0.2) is 13.1 Å². The highest BCUT2D eigenvalue weighted by atomic mass is 32.2. The van der Waals surface area contributed by atoms with Crippen LogP contribution in [0, 0.1) is 5.92 Å². The van der Waals surface area contributed by atoms with Crippen molar-refractivity contribution >= 4 is 15.7 Å². The molecule has 0 saturated heterocycles. The van der Waals surface area contributed by atoms with E-state index in [-0.39, 0.29) is 10.6 Å². The summed E-state index contributed by atoms with van der Waals surface area (Å²) >= 11 is 0. The summed E-state index contributed by atoms with van der Waals surface area (Å²) < 4.78 is 31.6. The largest absolute Gasteiger partial charge is 0.497 e. The number of methoxy groups -OCH3 is 1. The van der Waals surface area contributed by atoms with Crippen LogP contribution in [0.3, 0.4) is 0 Å². The molecule has 1 saturated carbocycles. The van der Waals surface area contributed by atoms with Gasteiger partial charge in [-0.1, -0.05) is 12.8 Å². The Morgan fingerprint density at radius 3 is 2.72 bits per heavy atom. The molecule has 0 aromatic heterocycles. The number of rotatable bonds is 6. The first-order chi connectivity index (χ1) is 8.53. The summed E-state index contributed by atoms with van der Waals surface area (Å²) in [6, 6.07) is 4.56. The van der Waals surface area contributed by atoms with Crippen LogP contribution in [0.15, 0.2) is 23.1 Å². The highest BCUT2D eigenvalue weighted by Crippen LogP contribution is 2.32. The van der Waals surface area contributed by atoms with Gasteiger partial charge in [-0.15, -0.1) is 0 Å². The van der Waals surface area contributed by atoms with Crippen molar-refractivity contribution in [1.29, 1.82) is 0 Å². The molecule has 1 fully saturated rings. The SMILES string of the molecule is COc1ccc(S(=O)(=O)NCCC2CC2)c(N)c1. The molecule has 0 atom stereocenters. The van der Waals surface area contributed by atoms with Crippen LogP contribution in [0.4, 0.5) is 5.69 Å². The summed E-state index contributed by atoms with van der Waals surface area (Å²) in [6.45, 7) is 0.471. The summed E-state index contributed by atoms with van der Waals surface area (Å²) in [4.78, 5) is 0.110. The molecule has 100 valence electrons. The molecule has 0 aliphatic heterocycles. The van der Waals surface area contributed by atoms with Crippen molar-refractivity contribution in [2.75, 3.05) is 19.4 Å². The Bertz CT molecular complexity index is 524. The number of ether oxygens (including phenoxy) is 1. The van der Waals surface area contributed by atoms with Crippen LogP contribution < -0.4 is 15.2 Å². The van der Waals surface area contributed by atoms with E-state index in [2.05, 4.69) is 4.72 Å². The van der Waals surface area contributed by atoms with Gasteiger partial charge in [0.05, 0.1) is 12.8 Å². The fraction of sp³-hybridized carbons (Fsp3) is 0.500. The molecule has 0 bridgehead atoms. The minimum Gasteiger partial charge on any atom is -0.497 e. The first-order valence-corrected chi connectivity index (χ1v) is 7.44. The molecule has 18 heavy (non-hydrogen) atoms. The summed E-state index contributed by atoms with van der Waals surface area (Å²) in [5.74, 6) is 1.24. The smallest absolute Gasteiger partial charge is 0.242 e. The fourth-order valence-corrected chi connectivity index (χ4v) is 2.94. The Hall–Kier alpha value is -1.27. The molecule has 2 rings (SSSR count). The van der Waals surface area contributed by atoms with Crippen molar-refractivity contribution < 1.29 is 13.2 Å². The average Bonchev–Trinajstić information content (AvgIpc) is 3.12. The van der Waals surface area contributed by atoms with Crippen molar-refractivity contribution in [1.82, 2.24) is 4.72 Å². The Morgan fingerprint density at radius 2 is 2.17 bits per heavy atom. The lowest BCUT2D eigenvalue weighted by Crippen LogP contribution is -2.25. The lowest BCUT2D eigenvalue weighted by atomic mass is 10.3. The van der Waals surface area contributed by atoms with Crippen molar-refractivity contribution in [3.05, 3.63) is 18.2 Å². The fourth-order valence-electron chi connectivity index (χ4n) is 1.78. The highest BCUT2D eigenvalue weighted by molar-refractivity contribution is 7.89. The third-order valence-electron chi connectivity index (χ3n) is 3.05. The molecule has 1 aromatic rings. The number of hydrogen-bond donors (Lipinski definition) is 2. The van der Waals surface area contributed by atoms with E-state index in [0.717, 1.165) is 6.42 Å². The predicted octanol–water partition coefficient (Wildman–Crippen LogP) is 1.36. The van der Waals surface area contributed by atoms with Gasteiger partial charge in [0.15, 0.2) is 0 Å². The van der Waals surface area contributed by atoms with Crippen LogP contribution in [0.5, 0.6) is 5.75 Å². The monoisotopic (exact) mass is 270 g/mol. The number of nitrogen functional groups attached to an aromatic ring is 1. The lowest BCUT2D eigenvalue weighted by Gasteiger charge is -2.10. The van der Waals surface area contributed by atoms with E-state index in [4.69, 9.17) is 10.5 Å². The standard InChI is InChI=1S/C12H18N2O3S/c1-17-10-4-5-12(11(13)8-10)18(15,16)14-7-6-9-2-3-9/h4-5,8-9,14H,2-3,6-7,13H2,1H3. The predicted molar refractivity (Wildman–Crippen MR) is 69.9 cm³/mol. The first-order valence-electron chi connectivity index (χ1n) is 5.96. The number of nitrogens with two attached hydrogens (primary N) is 1. The van der Waals surface area contributed by atoms with Gasteiger partial charge in [-0.2, -0.15) is 0 Å². The molecule has 1 aliphatic carbocycles. The number of anilines is 1. The van der Waals surface area contributed by atoms with Gasteiger partial charge in [0.25, 0.3) is 0 Å². The van der Waals surface area contributed by atoms with E-state index in [0.29, 0.717) is 18.2 Å². The molecular weight excluding hydrogens is 252 g/mol. The zero-order valence-corrected chi connectivity index (χ0v) is 11.2. The van der Waals surface area contributed by atoms with Crippen molar-refractivity contribution in [2.45, 2.75) is 24.2 Å². The van der Waals surface area contributed by atoms with Crippen molar-refractivity contribution in [2.24, 2.45) is 5.92 Å². The van der Waals surface area contributed by atoms with Crippen LogP contribution >= 0.6 is 0 Å².